The van der Waals surface area contributed by atoms with Gasteiger partial charge in [-0.2, -0.15) is 4.98 Å². The number of ether oxygens (including phenoxy) is 1. The lowest BCUT2D eigenvalue weighted by molar-refractivity contribution is 0.102. The second kappa shape index (κ2) is 7.63. The zero-order chi connectivity index (χ0) is 20.4. The monoisotopic (exact) mass is 388 g/mol. The van der Waals surface area contributed by atoms with Gasteiger partial charge in [-0.3, -0.25) is 4.79 Å². The number of amides is 1. The van der Waals surface area contributed by atoms with E-state index in [0.717, 1.165) is 11.3 Å². The van der Waals surface area contributed by atoms with Crippen LogP contribution in [-0.2, 0) is 0 Å². The maximum atomic E-state index is 12.8. The summed E-state index contributed by atoms with van der Waals surface area (Å²) < 4.78 is 11.3. The predicted octanol–water partition coefficient (Wildman–Crippen LogP) is 4.97. The lowest BCUT2D eigenvalue weighted by Crippen LogP contribution is -2.11. The van der Waals surface area contributed by atoms with Crippen molar-refractivity contribution in [2.45, 2.75) is 19.8 Å². The SMILES string of the molecule is CC(C)c1cccc(NC(=O)c2coc3cc(Oc4ccnc(N)n4)ccc23)c1. The maximum Gasteiger partial charge on any atom is 0.259 e. The Morgan fingerprint density at radius 3 is 2.83 bits per heavy atom. The van der Waals surface area contributed by atoms with E-state index in [1.165, 1.54) is 12.5 Å². The number of hydrogen-bond acceptors (Lipinski definition) is 6. The third-order valence-corrected chi connectivity index (χ3v) is 4.47. The van der Waals surface area contributed by atoms with Crippen LogP contribution in [0.25, 0.3) is 11.0 Å². The summed E-state index contributed by atoms with van der Waals surface area (Å²) in [7, 11) is 0. The number of hydrogen-bond donors (Lipinski definition) is 2. The summed E-state index contributed by atoms with van der Waals surface area (Å²) >= 11 is 0. The third kappa shape index (κ3) is 4.03. The van der Waals surface area contributed by atoms with Crippen LogP contribution in [0.3, 0.4) is 0 Å². The van der Waals surface area contributed by atoms with Gasteiger partial charge in [0.2, 0.25) is 11.8 Å². The van der Waals surface area contributed by atoms with Crippen LogP contribution >= 0.6 is 0 Å². The average molecular weight is 388 g/mol. The number of nitrogen functional groups attached to an aromatic ring is 1. The molecular weight excluding hydrogens is 368 g/mol. The van der Waals surface area contributed by atoms with Crippen molar-refractivity contribution in [2.24, 2.45) is 0 Å². The zero-order valence-electron chi connectivity index (χ0n) is 16.0. The van der Waals surface area contributed by atoms with Crippen LogP contribution in [-0.4, -0.2) is 15.9 Å². The topological polar surface area (TPSA) is 103 Å². The highest BCUT2D eigenvalue weighted by Gasteiger charge is 2.15. The second-order valence-corrected chi connectivity index (χ2v) is 6.90. The Kier molecular flexibility index (Phi) is 4.87. The summed E-state index contributed by atoms with van der Waals surface area (Å²) in [6.07, 6.45) is 2.96. The minimum atomic E-state index is -0.234. The van der Waals surface area contributed by atoms with Crippen molar-refractivity contribution in [3.63, 3.8) is 0 Å². The highest BCUT2D eigenvalue weighted by Crippen LogP contribution is 2.29. The maximum absolute atomic E-state index is 12.8. The molecule has 0 unspecified atom stereocenters. The molecule has 0 fully saturated rings. The summed E-state index contributed by atoms with van der Waals surface area (Å²) in [4.78, 5) is 20.6. The molecule has 0 aliphatic heterocycles. The number of rotatable bonds is 5. The smallest absolute Gasteiger partial charge is 0.259 e. The molecule has 0 bridgehead atoms. The number of anilines is 2. The normalized spacial score (nSPS) is 11.0. The number of nitrogens with one attached hydrogen (secondary N) is 1. The number of furan rings is 1. The largest absolute Gasteiger partial charge is 0.463 e. The van der Waals surface area contributed by atoms with Gasteiger partial charge in [0.25, 0.3) is 5.91 Å². The van der Waals surface area contributed by atoms with E-state index < -0.39 is 0 Å². The van der Waals surface area contributed by atoms with E-state index in [2.05, 4.69) is 29.1 Å². The molecule has 7 nitrogen and oxygen atoms in total. The highest BCUT2D eigenvalue weighted by molar-refractivity contribution is 6.12. The number of benzene rings is 2. The molecular formula is C22H20N4O3. The average Bonchev–Trinajstić information content (AvgIpc) is 3.11. The molecule has 29 heavy (non-hydrogen) atoms. The first-order valence-electron chi connectivity index (χ1n) is 9.18. The molecule has 2 heterocycles. The molecule has 7 heteroatoms. The Bertz CT molecular complexity index is 1180. The first kappa shape index (κ1) is 18.5. The molecule has 146 valence electrons. The number of nitrogens with two attached hydrogens (primary N) is 1. The number of nitrogens with zero attached hydrogens (tertiary/aromatic N) is 2. The molecule has 4 aromatic rings. The fraction of sp³-hybridized carbons (Fsp3) is 0.136. The Morgan fingerprint density at radius 1 is 1.17 bits per heavy atom. The van der Waals surface area contributed by atoms with Gasteiger partial charge in [0, 0.05) is 29.4 Å². The van der Waals surface area contributed by atoms with Crippen molar-refractivity contribution in [1.82, 2.24) is 9.97 Å². The molecule has 0 aliphatic rings. The van der Waals surface area contributed by atoms with Gasteiger partial charge >= 0.3 is 0 Å². The summed E-state index contributed by atoms with van der Waals surface area (Å²) in [6.45, 7) is 4.22. The molecule has 0 aliphatic carbocycles. The molecule has 0 atom stereocenters. The highest BCUT2D eigenvalue weighted by atomic mass is 16.5. The summed E-state index contributed by atoms with van der Waals surface area (Å²) in [6, 6.07) is 14.6. The van der Waals surface area contributed by atoms with Gasteiger partial charge in [-0.25, -0.2) is 4.98 Å². The van der Waals surface area contributed by atoms with Gasteiger partial charge in [-0.05, 0) is 35.7 Å². The minimum Gasteiger partial charge on any atom is -0.463 e. The number of carbonyl (C=O) groups is 1. The Balaban J connectivity index is 1.55. The van der Waals surface area contributed by atoms with Crippen molar-refractivity contribution in [2.75, 3.05) is 11.1 Å². The van der Waals surface area contributed by atoms with Crippen molar-refractivity contribution >= 4 is 28.5 Å². The van der Waals surface area contributed by atoms with Crippen LogP contribution in [0.2, 0.25) is 0 Å². The first-order chi connectivity index (χ1) is 14.0. The third-order valence-electron chi connectivity index (χ3n) is 4.47. The van der Waals surface area contributed by atoms with Crippen LogP contribution < -0.4 is 15.8 Å². The Morgan fingerprint density at radius 2 is 2.03 bits per heavy atom. The standard InChI is InChI=1S/C22H20N4O3/c1-13(2)14-4-3-5-15(10-14)25-21(27)18-12-28-19-11-16(6-7-17(18)19)29-20-8-9-24-22(23)26-20/h3-13H,1-2H3,(H,25,27)(H2,23,24,26). The number of fused-ring (bicyclic) bond motifs is 1. The number of carbonyl (C=O) groups excluding carboxylic acids is 1. The second-order valence-electron chi connectivity index (χ2n) is 6.90. The first-order valence-corrected chi connectivity index (χ1v) is 9.18. The van der Waals surface area contributed by atoms with Crippen molar-refractivity contribution in [3.05, 3.63) is 72.1 Å². The van der Waals surface area contributed by atoms with Gasteiger partial charge in [0.1, 0.15) is 17.6 Å². The van der Waals surface area contributed by atoms with Crippen LogP contribution in [0.4, 0.5) is 11.6 Å². The van der Waals surface area contributed by atoms with E-state index in [0.29, 0.717) is 34.1 Å². The van der Waals surface area contributed by atoms with Gasteiger partial charge < -0.3 is 20.2 Å². The minimum absolute atomic E-state index is 0.127. The number of aromatic nitrogens is 2. The lowest BCUT2D eigenvalue weighted by Gasteiger charge is -2.09. The van der Waals surface area contributed by atoms with E-state index in [1.807, 2.05) is 24.3 Å². The Hall–Kier alpha value is -3.87. The van der Waals surface area contributed by atoms with Crippen molar-refractivity contribution in [3.8, 4) is 11.6 Å². The molecule has 0 radical (unpaired) electrons. The van der Waals surface area contributed by atoms with Crippen LogP contribution in [0.1, 0.15) is 35.7 Å². The van der Waals surface area contributed by atoms with Crippen LogP contribution in [0, 0.1) is 0 Å². The molecule has 0 saturated carbocycles. The van der Waals surface area contributed by atoms with E-state index in [1.54, 1.807) is 24.3 Å². The Labute approximate surface area is 167 Å². The van der Waals surface area contributed by atoms with Gasteiger partial charge in [-0.1, -0.05) is 26.0 Å². The van der Waals surface area contributed by atoms with Crippen LogP contribution in [0.5, 0.6) is 11.6 Å². The summed E-state index contributed by atoms with van der Waals surface area (Å²) in [5.41, 5.74) is 8.45. The van der Waals surface area contributed by atoms with Gasteiger partial charge in [-0.15, -0.1) is 0 Å². The van der Waals surface area contributed by atoms with E-state index in [-0.39, 0.29) is 11.9 Å². The summed E-state index contributed by atoms with van der Waals surface area (Å²) in [5.74, 6) is 1.11. The summed E-state index contributed by atoms with van der Waals surface area (Å²) in [5, 5.41) is 3.62. The fourth-order valence-corrected chi connectivity index (χ4v) is 2.96. The molecule has 0 spiro atoms. The quantitative estimate of drug-likeness (QED) is 0.500. The molecule has 1 amide bonds. The molecule has 4 rings (SSSR count). The molecule has 2 aromatic heterocycles. The predicted molar refractivity (Wildman–Crippen MR) is 111 cm³/mol. The van der Waals surface area contributed by atoms with E-state index in [9.17, 15) is 4.79 Å². The van der Waals surface area contributed by atoms with Gasteiger partial charge in [0.15, 0.2) is 0 Å². The molecule has 3 N–H and O–H groups in total. The zero-order valence-corrected chi connectivity index (χ0v) is 16.0. The molecule has 0 saturated heterocycles. The van der Waals surface area contributed by atoms with Crippen LogP contribution in [0.15, 0.2) is 65.4 Å². The molecule has 2 aromatic carbocycles. The van der Waals surface area contributed by atoms with Crippen molar-refractivity contribution < 1.29 is 13.9 Å². The van der Waals surface area contributed by atoms with Gasteiger partial charge in [0.05, 0.1) is 5.56 Å². The lowest BCUT2D eigenvalue weighted by atomic mass is 10.0. The van der Waals surface area contributed by atoms with E-state index >= 15 is 0 Å². The van der Waals surface area contributed by atoms with Crippen molar-refractivity contribution in [1.29, 1.82) is 0 Å². The van der Waals surface area contributed by atoms with E-state index in [4.69, 9.17) is 14.9 Å². The fourth-order valence-electron chi connectivity index (χ4n) is 2.96.